The third-order valence-corrected chi connectivity index (χ3v) is 1.40. The molecule has 2 nitrogen and oxygen atoms in total. The average molecular weight is 141 g/mol. The second-order valence-electron chi connectivity index (χ2n) is 2.99. The predicted molar refractivity (Wildman–Crippen MR) is 40.2 cm³/mol. The summed E-state index contributed by atoms with van der Waals surface area (Å²) < 4.78 is 4.70. The van der Waals surface area contributed by atoms with Crippen LogP contribution in [-0.2, 0) is 4.74 Å². The molecule has 0 saturated carbocycles. The second kappa shape index (κ2) is 5.10. The molecule has 0 aliphatic heterocycles. The lowest BCUT2D eigenvalue weighted by atomic mass is 10.1. The molecule has 58 valence electrons. The van der Waals surface area contributed by atoms with Gasteiger partial charge >= 0.3 is 0 Å². The van der Waals surface area contributed by atoms with E-state index < -0.39 is 0 Å². The SMILES string of the molecule is CC(C)CCC(C)OC#N. The molecule has 0 rings (SSSR count). The van der Waals surface area contributed by atoms with E-state index in [0.29, 0.717) is 5.92 Å². The zero-order chi connectivity index (χ0) is 7.98. The van der Waals surface area contributed by atoms with Crippen molar-refractivity contribution < 1.29 is 4.74 Å². The van der Waals surface area contributed by atoms with Crippen molar-refractivity contribution in [3.63, 3.8) is 0 Å². The van der Waals surface area contributed by atoms with Gasteiger partial charge in [-0.25, -0.2) is 0 Å². The van der Waals surface area contributed by atoms with Crippen LogP contribution in [0.5, 0.6) is 0 Å². The third-order valence-electron chi connectivity index (χ3n) is 1.40. The Hall–Kier alpha value is -0.710. The van der Waals surface area contributed by atoms with Crippen molar-refractivity contribution in [2.75, 3.05) is 0 Å². The molecule has 0 aromatic rings. The molecule has 0 spiro atoms. The minimum absolute atomic E-state index is 0.0902. The molecule has 0 bridgehead atoms. The van der Waals surface area contributed by atoms with Gasteiger partial charge in [-0.1, -0.05) is 13.8 Å². The highest BCUT2D eigenvalue weighted by Crippen LogP contribution is 2.07. The van der Waals surface area contributed by atoms with Gasteiger partial charge < -0.3 is 4.74 Å². The molecule has 1 atom stereocenters. The van der Waals surface area contributed by atoms with Crippen molar-refractivity contribution in [3.05, 3.63) is 0 Å². The Balaban J connectivity index is 3.23. The largest absolute Gasteiger partial charge is 0.424 e. The molecule has 0 N–H and O–H groups in total. The van der Waals surface area contributed by atoms with Crippen LogP contribution < -0.4 is 0 Å². The summed E-state index contributed by atoms with van der Waals surface area (Å²) in [7, 11) is 0. The maximum Gasteiger partial charge on any atom is 0.286 e. The fraction of sp³-hybridized carbons (Fsp3) is 0.875. The summed E-state index contributed by atoms with van der Waals surface area (Å²) in [4.78, 5) is 0. The highest BCUT2D eigenvalue weighted by Gasteiger charge is 2.02. The Bertz CT molecular complexity index is 115. The molecule has 0 fully saturated rings. The van der Waals surface area contributed by atoms with Crippen LogP contribution in [0.1, 0.15) is 33.6 Å². The zero-order valence-corrected chi connectivity index (χ0v) is 6.92. The molecule has 0 aliphatic carbocycles. The highest BCUT2D eigenvalue weighted by atomic mass is 16.5. The van der Waals surface area contributed by atoms with Crippen LogP contribution in [0.3, 0.4) is 0 Å². The first-order chi connectivity index (χ1) is 4.66. The number of nitrogens with zero attached hydrogens (tertiary/aromatic N) is 1. The van der Waals surface area contributed by atoms with E-state index in [0.717, 1.165) is 12.8 Å². The van der Waals surface area contributed by atoms with Crippen LogP contribution >= 0.6 is 0 Å². The quantitative estimate of drug-likeness (QED) is 0.563. The van der Waals surface area contributed by atoms with Crippen molar-refractivity contribution in [2.45, 2.75) is 39.7 Å². The van der Waals surface area contributed by atoms with Crippen molar-refractivity contribution in [1.82, 2.24) is 0 Å². The molecule has 0 heterocycles. The third kappa shape index (κ3) is 5.43. The van der Waals surface area contributed by atoms with Gasteiger partial charge in [-0.15, -0.1) is 0 Å². The number of hydrogen-bond acceptors (Lipinski definition) is 2. The summed E-state index contributed by atoms with van der Waals surface area (Å²) in [5, 5.41) is 8.13. The molecule has 10 heavy (non-hydrogen) atoms. The normalized spacial score (nSPS) is 12.7. The summed E-state index contributed by atoms with van der Waals surface area (Å²) in [6.45, 7) is 6.25. The summed E-state index contributed by atoms with van der Waals surface area (Å²) in [5.74, 6) is 0.699. The molecule has 0 amide bonds. The first-order valence-electron chi connectivity index (χ1n) is 3.71. The number of hydrogen-bond donors (Lipinski definition) is 0. The second-order valence-corrected chi connectivity index (χ2v) is 2.99. The van der Waals surface area contributed by atoms with Crippen molar-refractivity contribution in [3.8, 4) is 6.26 Å². The van der Waals surface area contributed by atoms with E-state index >= 15 is 0 Å². The van der Waals surface area contributed by atoms with E-state index in [1.165, 1.54) is 0 Å². The fourth-order valence-corrected chi connectivity index (χ4v) is 0.717. The van der Waals surface area contributed by atoms with Gasteiger partial charge in [0.15, 0.2) is 0 Å². The van der Waals surface area contributed by atoms with E-state index in [4.69, 9.17) is 10.00 Å². The molecule has 1 unspecified atom stereocenters. The van der Waals surface area contributed by atoms with Gasteiger partial charge in [-0.2, -0.15) is 5.26 Å². The lowest BCUT2D eigenvalue weighted by Gasteiger charge is -2.08. The van der Waals surface area contributed by atoms with E-state index in [9.17, 15) is 0 Å². The Kier molecular flexibility index (Phi) is 4.74. The average Bonchev–Trinajstić information content (AvgIpc) is 1.85. The zero-order valence-electron chi connectivity index (χ0n) is 6.92. The van der Waals surface area contributed by atoms with Gasteiger partial charge in [-0.05, 0) is 25.7 Å². The van der Waals surface area contributed by atoms with E-state index in [1.54, 1.807) is 6.26 Å². The van der Waals surface area contributed by atoms with Crippen molar-refractivity contribution in [1.29, 1.82) is 5.26 Å². The lowest BCUT2D eigenvalue weighted by Crippen LogP contribution is -2.05. The molecular formula is C8H15NO. The molecule has 0 saturated heterocycles. The van der Waals surface area contributed by atoms with Gasteiger partial charge in [-0.3, -0.25) is 0 Å². The number of nitriles is 1. The van der Waals surface area contributed by atoms with Gasteiger partial charge in [0.1, 0.15) is 6.10 Å². The topological polar surface area (TPSA) is 33.0 Å². The summed E-state index contributed by atoms with van der Waals surface area (Å²) in [6.07, 6.45) is 3.89. The van der Waals surface area contributed by atoms with Crippen molar-refractivity contribution in [2.24, 2.45) is 5.92 Å². The lowest BCUT2D eigenvalue weighted by molar-refractivity contribution is 0.162. The number of ether oxygens (including phenoxy) is 1. The Morgan fingerprint density at radius 1 is 1.30 bits per heavy atom. The monoisotopic (exact) mass is 141 g/mol. The van der Waals surface area contributed by atoms with E-state index in [-0.39, 0.29) is 6.10 Å². The Morgan fingerprint density at radius 3 is 2.30 bits per heavy atom. The van der Waals surface area contributed by atoms with Crippen LogP contribution in [0.4, 0.5) is 0 Å². The van der Waals surface area contributed by atoms with Crippen LogP contribution in [0.15, 0.2) is 0 Å². The van der Waals surface area contributed by atoms with E-state index in [1.807, 2.05) is 6.92 Å². The first-order valence-corrected chi connectivity index (χ1v) is 3.71. The molecule has 0 aromatic heterocycles. The minimum atomic E-state index is 0.0902. The fourth-order valence-electron chi connectivity index (χ4n) is 0.717. The van der Waals surface area contributed by atoms with Gasteiger partial charge in [0.2, 0.25) is 0 Å². The van der Waals surface area contributed by atoms with Crippen LogP contribution in [-0.4, -0.2) is 6.10 Å². The number of rotatable bonds is 4. The highest BCUT2D eigenvalue weighted by molar-refractivity contribution is 4.58. The molecule has 0 aromatic carbocycles. The Labute approximate surface area is 62.8 Å². The summed E-state index contributed by atoms with van der Waals surface area (Å²) in [6, 6.07) is 0. The standard InChI is InChI=1S/C8H15NO/c1-7(2)4-5-8(3)10-6-9/h7-8H,4-5H2,1-3H3. The van der Waals surface area contributed by atoms with Crippen LogP contribution in [0, 0.1) is 17.4 Å². The molecule has 0 radical (unpaired) electrons. The van der Waals surface area contributed by atoms with Crippen molar-refractivity contribution >= 4 is 0 Å². The van der Waals surface area contributed by atoms with Gasteiger partial charge in [0.05, 0.1) is 0 Å². The van der Waals surface area contributed by atoms with Crippen LogP contribution in [0.25, 0.3) is 0 Å². The maximum absolute atomic E-state index is 8.13. The van der Waals surface area contributed by atoms with E-state index in [2.05, 4.69) is 13.8 Å². The Morgan fingerprint density at radius 2 is 1.90 bits per heavy atom. The maximum atomic E-state index is 8.13. The van der Waals surface area contributed by atoms with Gasteiger partial charge in [0.25, 0.3) is 6.26 Å². The van der Waals surface area contributed by atoms with Gasteiger partial charge in [0, 0.05) is 0 Å². The smallest absolute Gasteiger partial charge is 0.286 e. The summed E-state index contributed by atoms with van der Waals surface area (Å²) in [5.41, 5.74) is 0. The van der Waals surface area contributed by atoms with Crippen LogP contribution in [0.2, 0.25) is 0 Å². The molecular weight excluding hydrogens is 126 g/mol. The first kappa shape index (κ1) is 9.29. The molecule has 0 aliphatic rings. The minimum Gasteiger partial charge on any atom is -0.424 e. The summed E-state index contributed by atoms with van der Waals surface area (Å²) >= 11 is 0. The predicted octanol–water partition coefficient (Wildman–Crippen LogP) is 2.31. The molecule has 2 heteroatoms.